The van der Waals surface area contributed by atoms with Gasteiger partial charge in [-0.1, -0.05) is 23.7 Å². The lowest BCUT2D eigenvalue weighted by molar-refractivity contribution is -1.00. The number of benzene rings is 1. The zero-order valence-electron chi connectivity index (χ0n) is 11.8. The molecule has 1 aromatic carbocycles. The molecule has 0 spiro atoms. The molecule has 0 aromatic heterocycles. The van der Waals surface area contributed by atoms with Crippen LogP contribution in [0.4, 0.5) is 5.69 Å². The van der Waals surface area contributed by atoms with Crippen LogP contribution in [-0.2, 0) is 9.59 Å². The molecule has 21 heavy (non-hydrogen) atoms. The first-order valence-electron chi connectivity index (χ1n) is 7.04. The summed E-state index contributed by atoms with van der Waals surface area (Å²) in [5, 5.41) is 3.37. The summed E-state index contributed by atoms with van der Waals surface area (Å²) >= 11 is 6.01. The summed E-state index contributed by atoms with van der Waals surface area (Å²) in [5.74, 6) is -0.318. The third-order valence-electron chi connectivity index (χ3n) is 3.65. The van der Waals surface area contributed by atoms with Crippen LogP contribution in [0.2, 0.25) is 5.02 Å². The van der Waals surface area contributed by atoms with E-state index in [9.17, 15) is 9.59 Å². The molecule has 2 rings (SSSR count). The van der Waals surface area contributed by atoms with Crippen molar-refractivity contribution >= 4 is 29.1 Å². The topological polar surface area (TPSA) is 81.1 Å². The molecule has 1 saturated heterocycles. The Hall–Kier alpha value is -1.63. The van der Waals surface area contributed by atoms with Crippen molar-refractivity contribution in [2.24, 2.45) is 5.73 Å². The maximum Gasteiger partial charge on any atom is 0.279 e. The van der Waals surface area contributed by atoms with Crippen LogP contribution < -0.4 is 20.9 Å². The largest absolute Gasteiger partial charge is 0.365 e. The Bertz CT molecular complexity index is 515. The number of para-hydroxylation sites is 1. The first-order valence-corrected chi connectivity index (χ1v) is 7.42. The van der Waals surface area contributed by atoms with E-state index in [0.29, 0.717) is 23.8 Å². The third-order valence-corrected chi connectivity index (χ3v) is 3.98. The van der Waals surface area contributed by atoms with E-state index >= 15 is 0 Å². The second-order valence-corrected chi connectivity index (χ2v) is 5.76. The average Bonchev–Trinajstić information content (AvgIpc) is 2.43. The number of hydrogen-bond donors (Lipinski definition) is 4. The quantitative estimate of drug-likeness (QED) is 0.487. The van der Waals surface area contributed by atoms with Crippen molar-refractivity contribution in [3.63, 3.8) is 0 Å². The van der Waals surface area contributed by atoms with Crippen LogP contribution in [-0.4, -0.2) is 51.1 Å². The molecule has 0 aliphatic carbocycles. The number of quaternary nitrogens is 2. The van der Waals surface area contributed by atoms with Gasteiger partial charge >= 0.3 is 0 Å². The lowest BCUT2D eigenvalue weighted by Crippen LogP contribution is -3.28. The second-order valence-electron chi connectivity index (χ2n) is 5.35. The minimum absolute atomic E-state index is 0.0450. The first kappa shape index (κ1) is 15.8. The van der Waals surface area contributed by atoms with Gasteiger partial charge in [0.15, 0.2) is 13.1 Å². The van der Waals surface area contributed by atoms with Gasteiger partial charge in [0, 0.05) is 0 Å². The fourth-order valence-electron chi connectivity index (χ4n) is 2.54. The number of carbonyl (C=O) groups excluding carboxylic acids is 2. The Morgan fingerprint density at radius 1 is 1.10 bits per heavy atom. The average molecular weight is 313 g/mol. The lowest BCUT2D eigenvalue weighted by atomic mass is 10.3. The molecule has 1 fully saturated rings. The van der Waals surface area contributed by atoms with Crippen molar-refractivity contribution in [3.8, 4) is 0 Å². The molecule has 0 bridgehead atoms. The van der Waals surface area contributed by atoms with Gasteiger partial charge in [-0.05, 0) is 12.1 Å². The highest BCUT2D eigenvalue weighted by Crippen LogP contribution is 2.19. The summed E-state index contributed by atoms with van der Waals surface area (Å²) in [6.07, 6.45) is 0. The van der Waals surface area contributed by atoms with Gasteiger partial charge in [-0.3, -0.25) is 9.59 Å². The van der Waals surface area contributed by atoms with E-state index in [4.69, 9.17) is 17.3 Å². The number of anilines is 1. The fraction of sp³-hybridized carbons (Fsp3) is 0.429. The molecule has 1 aliphatic rings. The highest BCUT2D eigenvalue weighted by Gasteiger charge is 2.25. The van der Waals surface area contributed by atoms with Gasteiger partial charge in [0.1, 0.15) is 26.2 Å². The Kier molecular flexibility index (Phi) is 5.55. The van der Waals surface area contributed by atoms with E-state index in [1.54, 1.807) is 12.1 Å². The number of nitrogens with two attached hydrogens (primary N) is 1. The molecule has 5 N–H and O–H groups in total. The number of amides is 2. The summed E-state index contributed by atoms with van der Waals surface area (Å²) in [4.78, 5) is 25.3. The predicted molar refractivity (Wildman–Crippen MR) is 80.4 cm³/mol. The number of rotatable bonds is 5. The number of piperazine rings is 1. The number of halogens is 1. The standard InChI is InChI=1S/C14H19ClN4O2/c15-11-3-1-2-4-12(11)17-14(21)10-19-7-5-18(6-8-19)9-13(16)20/h1-4H,5-10H2,(H2,16,20)(H,17,21)/p+2. The zero-order chi connectivity index (χ0) is 15.2. The molecule has 1 aliphatic heterocycles. The molecule has 0 saturated carbocycles. The second kappa shape index (κ2) is 7.40. The molecule has 6 nitrogen and oxygen atoms in total. The van der Waals surface area contributed by atoms with E-state index in [1.807, 2.05) is 12.1 Å². The number of carbonyl (C=O) groups is 2. The Morgan fingerprint density at radius 2 is 1.67 bits per heavy atom. The van der Waals surface area contributed by atoms with Crippen molar-refractivity contribution in [1.82, 2.24) is 0 Å². The highest BCUT2D eigenvalue weighted by molar-refractivity contribution is 6.33. The molecule has 1 aromatic rings. The fourth-order valence-corrected chi connectivity index (χ4v) is 2.72. The van der Waals surface area contributed by atoms with Gasteiger partial charge in [0.25, 0.3) is 11.8 Å². The van der Waals surface area contributed by atoms with Crippen molar-refractivity contribution in [2.75, 3.05) is 44.6 Å². The molecule has 2 amide bonds. The molecule has 0 atom stereocenters. The molecule has 1 heterocycles. The van der Waals surface area contributed by atoms with Crippen molar-refractivity contribution in [2.45, 2.75) is 0 Å². The number of hydrogen-bond acceptors (Lipinski definition) is 2. The van der Waals surface area contributed by atoms with Crippen LogP contribution in [0.25, 0.3) is 0 Å². The predicted octanol–water partition coefficient (Wildman–Crippen LogP) is -2.45. The van der Waals surface area contributed by atoms with E-state index in [0.717, 1.165) is 26.2 Å². The van der Waals surface area contributed by atoms with E-state index < -0.39 is 0 Å². The van der Waals surface area contributed by atoms with Gasteiger partial charge in [0.05, 0.1) is 10.7 Å². The van der Waals surface area contributed by atoms with Crippen molar-refractivity contribution in [3.05, 3.63) is 29.3 Å². The van der Waals surface area contributed by atoms with Crippen molar-refractivity contribution < 1.29 is 19.4 Å². The van der Waals surface area contributed by atoms with Gasteiger partial charge in [-0.15, -0.1) is 0 Å². The molecular weight excluding hydrogens is 292 g/mol. The van der Waals surface area contributed by atoms with Crippen LogP contribution in [0.15, 0.2) is 24.3 Å². The summed E-state index contributed by atoms with van der Waals surface area (Å²) < 4.78 is 0. The highest BCUT2D eigenvalue weighted by atomic mass is 35.5. The Morgan fingerprint density at radius 3 is 2.24 bits per heavy atom. The van der Waals surface area contributed by atoms with Crippen LogP contribution >= 0.6 is 11.6 Å². The maximum absolute atomic E-state index is 12.0. The first-order chi connectivity index (χ1) is 10.0. The minimum atomic E-state index is -0.273. The minimum Gasteiger partial charge on any atom is -0.365 e. The smallest absolute Gasteiger partial charge is 0.279 e. The number of nitrogens with one attached hydrogen (secondary N) is 3. The van der Waals surface area contributed by atoms with Gasteiger partial charge in [-0.25, -0.2) is 0 Å². The van der Waals surface area contributed by atoms with E-state index in [-0.39, 0.29) is 11.8 Å². The monoisotopic (exact) mass is 312 g/mol. The zero-order valence-corrected chi connectivity index (χ0v) is 12.6. The van der Waals surface area contributed by atoms with E-state index in [2.05, 4.69) is 5.32 Å². The van der Waals surface area contributed by atoms with Gasteiger partial charge in [0.2, 0.25) is 0 Å². The number of primary amides is 1. The van der Waals surface area contributed by atoms with E-state index in [1.165, 1.54) is 9.80 Å². The molecule has 7 heteroatoms. The summed E-state index contributed by atoms with van der Waals surface area (Å²) in [6, 6.07) is 7.19. The SMILES string of the molecule is NC(=O)C[NH+]1CC[NH+](CC(=O)Nc2ccccc2Cl)CC1. The Balaban J connectivity index is 1.77. The lowest BCUT2D eigenvalue weighted by Gasteiger charge is -2.28. The van der Waals surface area contributed by atoms with Gasteiger partial charge in [-0.2, -0.15) is 0 Å². The molecule has 0 radical (unpaired) electrons. The van der Waals surface area contributed by atoms with Crippen molar-refractivity contribution in [1.29, 1.82) is 0 Å². The molecule has 114 valence electrons. The summed E-state index contributed by atoms with van der Waals surface area (Å²) in [5.41, 5.74) is 5.84. The third kappa shape index (κ3) is 5.00. The maximum atomic E-state index is 12.0. The summed E-state index contributed by atoms with van der Waals surface area (Å²) in [6.45, 7) is 4.22. The van der Waals surface area contributed by atoms with Crippen LogP contribution in [0.5, 0.6) is 0 Å². The molecular formula is C14H21ClN4O2+2. The Labute approximate surface area is 128 Å². The van der Waals surface area contributed by atoms with Crippen LogP contribution in [0, 0.1) is 0 Å². The normalized spacial score (nSPS) is 21.8. The summed E-state index contributed by atoms with van der Waals surface area (Å²) in [7, 11) is 0. The molecule has 0 unspecified atom stereocenters. The van der Waals surface area contributed by atoms with Gasteiger partial charge < -0.3 is 20.9 Å². The van der Waals surface area contributed by atoms with Crippen LogP contribution in [0.1, 0.15) is 0 Å². The van der Waals surface area contributed by atoms with Crippen LogP contribution in [0.3, 0.4) is 0 Å².